The van der Waals surface area contributed by atoms with Gasteiger partial charge in [0.25, 0.3) is 0 Å². The highest BCUT2D eigenvalue weighted by molar-refractivity contribution is 7.99. The van der Waals surface area contributed by atoms with Crippen LogP contribution in [0.25, 0.3) is 11.4 Å². The maximum absolute atomic E-state index is 12.8. The fraction of sp³-hybridized carbons (Fsp3) is 0.471. The molecule has 1 fully saturated rings. The molecule has 1 aliphatic heterocycles. The molecule has 3 rings (SSSR count). The number of carbonyl (C=O) groups is 1. The number of halogens is 3. The van der Waals surface area contributed by atoms with Crippen LogP contribution in [0.2, 0.25) is 0 Å². The fourth-order valence-corrected chi connectivity index (χ4v) is 3.72. The molecule has 0 bridgehead atoms. The van der Waals surface area contributed by atoms with Gasteiger partial charge in [0.2, 0.25) is 17.6 Å². The predicted octanol–water partition coefficient (Wildman–Crippen LogP) is 3.55. The Morgan fingerprint density at radius 2 is 2.19 bits per heavy atom. The van der Waals surface area contributed by atoms with Crippen LogP contribution in [-0.2, 0) is 16.7 Å². The summed E-state index contributed by atoms with van der Waals surface area (Å²) in [4.78, 5) is 15.9. The first-order chi connectivity index (χ1) is 12.8. The first kappa shape index (κ1) is 19.7. The molecule has 1 aliphatic rings. The average Bonchev–Trinajstić information content (AvgIpc) is 3.08. The van der Waals surface area contributed by atoms with Crippen molar-refractivity contribution >= 4 is 17.7 Å². The normalized spacial score (nSPS) is 20.5. The fourth-order valence-electron chi connectivity index (χ4n) is 2.79. The number of nitrogens with one attached hydrogen (secondary N) is 2. The van der Waals surface area contributed by atoms with E-state index in [9.17, 15) is 18.0 Å². The molecular formula is C17H19F3N4O2S. The number of amides is 1. The van der Waals surface area contributed by atoms with Crippen LogP contribution in [-0.4, -0.2) is 27.6 Å². The summed E-state index contributed by atoms with van der Waals surface area (Å²) in [5.74, 6) is 0.685. The number of thioether (sulfide) groups is 1. The third-order valence-corrected chi connectivity index (χ3v) is 5.04. The molecule has 27 heavy (non-hydrogen) atoms. The summed E-state index contributed by atoms with van der Waals surface area (Å²) in [7, 11) is 0. The highest BCUT2D eigenvalue weighted by Gasteiger charge is 2.31. The van der Waals surface area contributed by atoms with Gasteiger partial charge >= 0.3 is 6.18 Å². The Kier molecular flexibility index (Phi) is 6.05. The standard InChI is InChI=1S/C17H19F3N4O2S/c1-2-4-12-8-13(25)22-16(21-12)27-9-14-23-15(24-26-14)10-5-3-6-11(7-10)17(18,19)20/h3,5-7,12,16,21H,2,4,8-9H2,1H3,(H,22,25). The van der Waals surface area contributed by atoms with E-state index in [1.54, 1.807) is 0 Å². The second-order valence-corrected chi connectivity index (χ2v) is 7.30. The van der Waals surface area contributed by atoms with Gasteiger partial charge in [-0.25, -0.2) is 0 Å². The van der Waals surface area contributed by atoms with Gasteiger partial charge in [-0.05, 0) is 18.6 Å². The van der Waals surface area contributed by atoms with E-state index in [1.807, 2.05) is 0 Å². The molecule has 146 valence electrons. The van der Waals surface area contributed by atoms with Gasteiger partial charge in [0, 0.05) is 18.0 Å². The van der Waals surface area contributed by atoms with Gasteiger partial charge in [-0.2, -0.15) is 18.2 Å². The quantitative estimate of drug-likeness (QED) is 0.772. The monoisotopic (exact) mass is 400 g/mol. The zero-order chi connectivity index (χ0) is 19.4. The van der Waals surface area contributed by atoms with Gasteiger partial charge < -0.3 is 9.84 Å². The van der Waals surface area contributed by atoms with Gasteiger partial charge in [-0.3, -0.25) is 10.1 Å². The van der Waals surface area contributed by atoms with E-state index in [0.717, 1.165) is 25.0 Å². The van der Waals surface area contributed by atoms with Crippen LogP contribution in [0.1, 0.15) is 37.6 Å². The van der Waals surface area contributed by atoms with Crippen molar-refractivity contribution in [3.05, 3.63) is 35.7 Å². The Morgan fingerprint density at radius 3 is 2.93 bits per heavy atom. The van der Waals surface area contributed by atoms with E-state index in [-0.39, 0.29) is 34.7 Å². The Balaban J connectivity index is 1.62. The zero-order valence-corrected chi connectivity index (χ0v) is 15.4. The minimum atomic E-state index is -4.43. The van der Waals surface area contributed by atoms with Gasteiger partial charge in [0.1, 0.15) is 5.50 Å². The molecule has 0 aliphatic carbocycles. The van der Waals surface area contributed by atoms with Crippen molar-refractivity contribution in [2.24, 2.45) is 0 Å². The van der Waals surface area contributed by atoms with Crippen molar-refractivity contribution in [3.63, 3.8) is 0 Å². The van der Waals surface area contributed by atoms with Crippen LogP contribution in [0, 0.1) is 0 Å². The number of carbonyl (C=O) groups excluding carboxylic acids is 1. The first-order valence-corrected chi connectivity index (χ1v) is 9.57. The molecule has 2 unspecified atom stereocenters. The molecule has 0 radical (unpaired) electrons. The largest absolute Gasteiger partial charge is 0.416 e. The molecule has 2 heterocycles. The lowest BCUT2D eigenvalue weighted by Gasteiger charge is -2.30. The Bertz CT molecular complexity index is 796. The van der Waals surface area contributed by atoms with Crippen LogP contribution in [0.4, 0.5) is 13.2 Å². The molecule has 1 saturated heterocycles. The predicted molar refractivity (Wildman–Crippen MR) is 94.4 cm³/mol. The minimum Gasteiger partial charge on any atom is -0.338 e. The number of aromatic nitrogens is 2. The summed E-state index contributed by atoms with van der Waals surface area (Å²) in [5.41, 5.74) is -0.805. The lowest BCUT2D eigenvalue weighted by molar-refractivity contribution is -0.137. The molecule has 1 aromatic carbocycles. The molecule has 1 amide bonds. The number of rotatable bonds is 6. The molecule has 0 saturated carbocycles. The minimum absolute atomic E-state index is 0.0140. The van der Waals surface area contributed by atoms with Crippen LogP contribution >= 0.6 is 11.8 Å². The molecule has 0 spiro atoms. The Labute approximate surface area is 158 Å². The molecule has 10 heteroatoms. The number of nitrogens with zero attached hydrogens (tertiary/aromatic N) is 2. The number of alkyl halides is 3. The molecule has 2 aromatic rings. The SMILES string of the molecule is CCCC1CC(=O)NC(SCc2nc(-c3cccc(C(F)(F)F)c3)no2)N1. The maximum Gasteiger partial charge on any atom is 0.416 e. The van der Waals surface area contributed by atoms with E-state index in [2.05, 4.69) is 27.7 Å². The van der Waals surface area contributed by atoms with Gasteiger partial charge in [0.15, 0.2) is 0 Å². The summed E-state index contributed by atoms with van der Waals surface area (Å²) in [6, 6.07) is 4.91. The summed E-state index contributed by atoms with van der Waals surface area (Å²) in [5, 5.41) is 9.93. The van der Waals surface area contributed by atoms with Gasteiger partial charge in [-0.1, -0.05) is 30.6 Å². The van der Waals surface area contributed by atoms with Crippen molar-refractivity contribution in [3.8, 4) is 11.4 Å². The molecule has 6 nitrogen and oxygen atoms in total. The number of benzene rings is 1. The highest BCUT2D eigenvalue weighted by atomic mass is 32.2. The molecule has 1 aromatic heterocycles. The van der Waals surface area contributed by atoms with E-state index in [4.69, 9.17) is 4.52 Å². The van der Waals surface area contributed by atoms with Crippen molar-refractivity contribution in [1.29, 1.82) is 0 Å². The number of hydrogen-bond acceptors (Lipinski definition) is 6. The number of hydrogen-bond donors (Lipinski definition) is 2. The highest BCUT2D eigenvalue weighted by Crippen LogP contribution is 2.31. The summed E-state index contributed by atoms with van der Waals surface area (Å²) < 4.78 is 43.6. The Hall–Kier alpha value is -2.07. The average molecular weight is 400 g/mol. The van der Waals surface area contributed by atoms with E-state index < -0.39 is 11.7 Å². The van der Waals surface area contributed by atoms with Crippen LogP contribution in [0.3, 0.4) is 0 Å². The lowest BCUT2D eigenvalue weighted by Crippen LogP contribution is -2.54. The molecule has 2 N–H and O–H groups in total. The second-order valence-electron chi connectivity index (χ2n) is 6.21. The van der Waals surface area contributed by atoms with Crippen molar-refractivity contribution in [2.75, 3.05) is 0 Å². The van der Waals surface area contributed by atoms with Crippen molar-refractivity contribution in [1.82, 2.24) is 20.8 Å². The van der Waals surface area contributed by atoms with Gasteiger partial charge in [0.05, 0.1) is 11.3 Å². The van der Waals surface area contributed by atoms with Crippen LogP contribution in [0.5, 0.6) is 0 Å². The van der Waals surface area contributed by atoms with Crippen molar-refractivity contribution in [2.45, 2.75) is 49.7 Å². The maximum atomic E-state index is 12.8. The summed E-state index contributed by atoms with van der Waals surface area (Å²) in [6.45, 7) is 2.06. The first-order valence-electron chi connectivity index (χ1n) is 8.52. The summed E-state index contributed by atoms with van der Waals surface area (Å²) >= 11 is 1.38. The van der Waals surface area contributed by atoms with E-state index >= 15 is 0 Å². The smallest absolute Gasteiger partial charge is 0.338 e. The van der Waals surface area contributed by atoms with E-state index in [1.165, 1.54) is 23.9 Å². The van der Waals surface area contributed by atoms with E-state index in [0.29, 0.717) is 12.2 Å². The summed E-state index contributed by atoms with van der Waals surface area (Å²) in [6.07, 6.45) is -2.10. The van der Waals surface area contributed by atoms with Crippen molar-refractivity contribution < 1.29 is 22.5 Å². The third kappa shape index (κ3) is 5.23. The Morgan fingerprint density at radius 1 is 1.37 bits per heavy atom. The van der Waals surface area contributed by atoms with Crippen LogP contribution in [0.15, 0.2) is 28.8 Å². The second kappa shape index (κ2) is 8.30. The topological polar surface area (TPSA) is 80.1 Å². The lowest BCUT2D eigenvalue weighted by atomic mass is 10.1. The van der Waals surface area contributed by atoms with Gasteiger partial charge in [-0.15, -0.1) is 11.8 Å². The zero-order valence-electron chi connectivity index (χ0n) is 14.5. The molecular weight excluding hydrogens is 381 g/mol. The van der Waals surface area contributed by atoms with Crippen LogP contribution < -0.4 is 10.6 Å². The third-order valence-electron chi connectivity index (χ3n) is 4.04. The molecule has 2 atom stereocenters.